The van der Waals surface area contributed by atoms with Crippen molar-refractivity contribution in [2.24, 2.45) is 5.92 Å². The summed E-state index contributed by atoms with van der Waals surface area (Å²) in [6.45, 7) is 1.09. The van der Waals surface area contributed by atoms with Crippen molar-refractivity contribution in [1.29, 1.82) is 0 Å². The third-order valence-corrected chi connectivity index (χ3v) is 3.37. The van der Waals surface area contributed by atoms with Gasteiger partial charge in [-0.1, -0.05) is 11.6 Å². The lowest BCUT2D eigenvalue weighted by Gasteiger charge is -2.31. The van der Waals surface area contributed by atoms with E-state index in [2.05, 4.69) is 9.97 Å². The second-order valence-corrected chi connectivity index (χ2v) is 4.95. The van der Waals surface area contributed by atoms with Gasteiger partial charge in [-0.2, -0.15) is 0 Å². The lowest BCUT2D eigenvalue weighted by Crippen LogP contribution is -2.39. The van der Waals surface area contributed by atoms with E-state index in [1.54, 1.807) is 4.90 Å². The molecule has 0 radical (unpaired) electrons. The van der Waals surface area contributed by atoms with Gasteiger partial charge in [0, 0.05) is 19.5 Å². The van der Waals surface area contributed by atoms with Crippen molar-refractivity contribution >= 4 is 23.5 Å². The van der Waals surface area contributed by atoms with Crippen molar-refractivity contribution in [3.8, 4) is 0 Å². The Labute approximate surface area is 115 Å². The molecule has 0 aliphatic carbocycles. The van der Waals surface area contributed by atoms with Crippen LogP contribution in [0.5, 0.6) is 0 Å². The van der Waals surface area contributed by atoms with Crippen LogP contribution in [-0.4, -0.2) is 44.9 Å². The van der Waals surface area contributed by atoms with Crippen molar-refractivity contribution < 1.29 is 14.7 Å². The normalized spacial score (nSPS) is 16.4. The van der Waals surface area contributed by atoms with Gasteiger partial charge in [-0.3, -0.25) is 14.6 Å². The zero-order valence-electron chi connectivity index (χ0n) is 10.3. The topological polar surface area (TPSA) is 83.4 Å². The van der Waals surface area contributed by atoms with Gasteiger partial charge in [0.15, 0.2) is 0 Å². The number of aromatic nitrogens is 2. The number of hydrogen-bond acceptors (Lipinski definition) is 4. The summed E-state index contributed by atoms with van der Waals surface area (Å²) in [5.74, 6) is -0.846. The Kier molecular flexibility index (Phi) is 4.31. The van der Waals surface area contributed by atoms with Crippen molar-refractivity contribution in [2.45, 2.75) is 19.3 Å². The van der Waals surface area contributed by atoms with E-state index in [-0.39, 0.29) is 29.1 Å². The number of likely N-dealkylation sites (tertiary alicyclic amines) is 1. The summed E-state index contributed by atoms with van der Waals surface area (Å²) in [7, 11) is 0. The van der Waals surface area contributed by atoms with E-state index in [4.69, 9.17) is 16.7 Å². The largest absolute Gasteiger partial charge is 0.481 e. The first-order valence-electron chi connectivity index (χ1n) is 6.05. The van der Waals surface area contributed by atoms with E-state index in [0.29, 0.717) is 25.9 Å². The van der Waals surface area contributed by atoms with Crippen molar-refractivity contribution in [2.75, 3.05) is 13.1 Å². The number of carboxylic acids is 1. The van der Waals surface area contributed by atoms with Crippen LogP contribution in [0.2, 0.25) is 5.15 Å². The number of hydrogen-bond donors (Lipinski definition) is 1. The van der Waals surface area contributed by atoms with Gasteiger partial charge >= 0.3 is 5.97 Å². The van der Waals surface area contributed by atoms with E-state index in [0.717, 1.165) is 0 Å². The number of carbonyl (C=O) groups is 2. The fourth-order valence-electron chi connectivity index (χ4n) is 2.19. The molecule has 7 heteroatoms. The molecule has 1 N–H and O–H groups in total. The third kappa shape index (κ3) is 3.64. The van der Waals surface area contributed by atoms with E-state index >= 15 is 0 Å². The third-order valence-electron chi connectivity index (χ3n) is 3.19. The maximum absolute atomic E-state index is 12.1. The Morgan fingerprint density at radius 1 is 1.37 bits per heavy atom. The minimum Gasteiger partial charge on any atom is -0.481 e. The summed E-state index contributed by atoms with van der Waals surface area (Å²) < 4.78 is 0. The summed E-state index contributed by atoms with van der Waals surface area (Å²) >= 11 is 5.70. The molecule has 2 rings (SSSR count). The molecule has 102 valence electrons. The molecule has 1 saturated heterocycles. The van der Waals surface area contributed by atoms with E-state index in [1.165, 1.54) is 12.4 Å². The summed E-state index contributed by atoms with van der Waals surface area (Å²) in [5, 5.41) is 8.92. The molecular weight excluding hydrogens is 270 g/mol. The molecular formula is C12H14ClN3O3. The van der Waals surface area contributed by atoms with E-state index < -0.39 is 5.97 Å². The Morgan fingerprint density at radius 2 is 2.05 bits per heavy atom. The fourth-order valence-corrected chi connectivity index (χ4v) is 2.34. The summed E-state index contributed by atoms with van der Waals surface area (Å²) in [5.41, 5.74) is 0.226. The minimum atomic E-state index is -0.787. The maximum atomic E-state index is 12.1. The van der Waals surface area contributed by atoms with Crippen LogP contribution in [0.4, 0.5) is 0 Å². The van der Waals surface area contributed by atoms with Gasteiger partial charge in [0.25, 0.3) is 5.91 Å². The highest BCUT2D eigenvalue weighted by molar-refractivity contribution is 6.29. The Balaban J connectivity index is 1.94. The van der Waals surface area contributed by atoms with Crippen LogP contribution in [-0.2, 0) is 4.79 Å². The van der Waals surface area contributed by atoms with Gasteiger partial charge < -0.3 is 10.0 Å². The zero-order valence-corrected chi connectivity index (χ0v) is 11.0. The van der Waals surface area contributed by atoms with Crippen molar-refractivity contribution in [3.63, 3.8) is 0 Å². The van der Waals surface area contributed by atoms with E-state index in [9.17, 15) is 9.59 Å². The number of amides is 1. The second kappa shape index (κ2) is 5.97. The maximum Gasteiger partial charge on any atom is 0.303 e. The van der Waals surface area contributed by atoms with Crippen LogP contribution in [0.1, 0.15) is 29.8 Å². The highest BCUT2D eigenvalue weighted by atomic mass is 35.5. The Morgan fingerprint density at radius 3 is 2.63 bits per heavy atom. The molecule has 0 aromatic carbocycles. The average molecular weight is 284 g/mol. The summed E-state index contributed by atoms with van der Waals surface area (Å²) in [4.78, 5) is 32.2. The Hall–Kier alpha value is -1.69. The highest BCUT2D eigenvalue weighted by Crippen LogP contribution is 2.21. The molecule has 1 aliphatic rings. The predicted molar refractivity (Wildman–Crippen MR) is 67.9 cm³/mol. The van der Waals surface area contributed by atoms with Crippen LogP contribution in [0.25, 0.3) is 0 Å². The van der Waals surface area contributed by atoms with Crippen LogP contribution >= 0.6 is 11.6 Å². The van der Waals surface area contributed by atoms with Gasteiger partial charge in [-0.25, -0.2) is 4.98 Å². The van der Waals surface area contributed by atoms with Crippen molar-refractivity contribution in [1.82, 2.24) is 14.9 Å². The molecule has 0 unspecified atom stereocenters. The average Bonchev–Trinajstić information content (AvgIpc) is 2.38. The van der Waals surface area contributed by atoms with Gasteiger partial charge in [0.2, 0.25) is 0 Å². The monoisotopic (exact) mass is 283 g/mol. The number of piperidine rings is 1. The second-order valence-electron chi connectivity index (χ2n) is 4.56. The standard InChI is InChI=1S/C12H14ClN3O3/c13-10-7-14-6-9(15-10)12(19)16-3-1-8(2-4-16)5-11(17)18/h6-8H,1-5H2,(H,17,18). The molecule has 1 fully saturated rings. The molecule has 0 spiro atoms. The molecule has 0 saturated carbocycles. The Bertz CT molecular complexity index is 487. The molecule has 6 nitrogen and oxygen atoms in total. The number of halogens is 1. The molecule has 0 bridgehead atoms. The number of rotatable bonds is 3. The minimum absolute atomic E-state index is 0.145. The first-order chi connectivity index (χ1) is 9.06. The molecule has 0 atom stereocenters. The first kappa shape index (κ1) is 13.7. The molecule has 2 heterocycles. The SMILES string of the molecule is O=C(O)CC1CCN(C(=O)c2cncc(Cl)n2)CC1. The van der Waals surface area contributed by atoms with Crippen LogP contribution in [0.15, 0.2) is 12.4 Å². The fraction of sp³-hybridized carbons (Fsp3) is 0.500. The predicted octanol–water partition coefficient (Wildman–Crippen LogP) is 1.46. The number of carboxylic acid groups (broad SMARTS) is 1. The lowest BCUT2D eigenvalue weighted by molar-refractivity contribution is -0.138. The van der Waals surface area contributed by atoms with Crippen LogP contribution in [0, 0.1) is 5.92 Å². The lowest BCUT2D eigenvalue weighted by atomic mass is 9.93. The quantitative estimate of drug-likeness (QED) is 0.908. The number of nitrogens with zero attached hydrogens (tertiary/aromatic N) is 3. The van der Waals surface area contributed by atoms with E-state index in [1.807, 2.05) is 0 Å². The van der Waals surface area contributed by atoms with Crippen LogP contribution < -0.4 is 0 Å². The molecule has 1 aliphatic heterocycles. The first-order valence-corrected chi connectivity index (χ1v) is 6.42. The van der Waals surface area contributed by atoms with Gasteiger partial charge in [0.05, 0.1) is 12.4 Å². The zero-order chi connectivity index (χ0) is 13.8. The molecule has 1 aromatic rings. The van der Waals surface area contributed by atoms with Gasteiger partial charge in [0.1, 0.15) is 10.8 Å². The molecule has 19 heavy (non-hydrogen) atoms. The summed E-state index contributed by atoms with van der Waals surface area (Å²) in [6.07, 6.45) is 4.33. The molecule has 1 amide bonds. The summed E-state index contributed by atoms with van der Waals surface area (Å²) in [6, 6.07) is 0. The number of carbonyl (C=O) groups excluding carboxylic acids is 1. The van der Waals surface area contributed by atoms with Crippen LogP contribution in [0.3, 0.4) is 0 Å². The molecule has 1 aromatic heterocycles. The van der Waals surface area contributed by atoms with Crippen molar-refractivity contribution in [3.05, 3.63) is 23.2 Å². The smallest absolute Gasteiger partial charge is 0.303 e. The highest BCUT2D eigenvalue weighted by Gasteiger charge is 2.25. The van der Waals surface area contributed by atoms with Gasteiger partial charge in [-0.05, 0) is 18.8 Å². The van der Waals surface area contributed by atoms with Gasteiger partial charge in [-0.15, -0.1) is 0 Å². The number of aliphatic carboxylic acids is 1.